The van der Waals surface area contributed by atoms with Gasteiger partial charge in [0.15, 0.2) is 0 Å². The number of aromatic nitrogens is 1. The molecule has 2 heterocycles. The van der Waals surface area contributed by atoms with E-state index in [1.54, 1.807) is 58.5 Å². The number of aromatic amines is 1. The van der Waals surface area contributed by atoms with Crippen LogP contribution in [0.15, 0.2) is 29.2 Å². The van der Waals surface area contributed by atoms with Gasteiger partial charge in [0.2, 0.25) is 11.8 Å². The lowest BCUT2D eigenvalue weighted by Crippen LogP contribution is -2.49. The molecule has 12 heteroatoms. The van der Waals surface area contributed by atoms with Crippen molar-refractivity contribution in [3.63, 3.8) is 0 Å². The van der Waals surface area contributed by atoms with E-state index in [0.717, 1.165) is 17.7 Å². The number of nitrogens with zero attached hydrogens (tertiary/aromatic N) is 1. The zero-order valence-electron chi connectivity index (χ0n) is 27.0. The van der Waals surface area contributed by atoms with Gasteiger partial charge in [-0.1, -0.05) is 53.1 Å². The number of benzene rings is 1. The summed E-state index contributed by atoms with van der Waals surface area (Å²) in [6.07, 6.45) is 3.30. The van der Waals surface area contributed by atoms with Gasteiger partial charge in [-0.2, -0.15) is 12.6 Å². The van der Waals surface area contributed by atoms with Gasteiger partial charge in [-0.15, -0.1) is 0 Å². The van der Waals surface area contributed by atoms with Crippen molar-refractivity contribution in [2.24, 2.45) is 17.6 Å². The SMILES string of the molecule is CC.CC(C)C.CC1CCN(C(=O)CNC(=O)OC(C)(C)C)C1C(N)=O.COc1c[nH]c(=O)c2cc(Cl)ccc12.CS. The van der Waals surface area contributed by atoms with Gasteiger partial charge in [-0.3, -0.25) is 14.4 Å². The summed E-state index contributed by atoms with van der Waals surface area (Å²) in [6.45, 7) is 17.9. The van der Waals surface area contributed by atoms with Crippen LogP contribution in [0.4, 0.5) is 4.79 Å². The van der Waals surface area contributed by atoms with Crippen molar-refractivity contribution in [2.75, 3.05) is 26.5 Å². The maximum atomic E-state index is 12.0. The average molecular weight is 631 g/mol. The second kappa shape index (κ2) is 20.9. The van der Waals surface area contributed by atoms with Crippen LogP contribution in [0, 0.1) is 11.8 Å². The highest BCUT2D eigenvalue weighted by atomic mass is 35.5. The van der Waals surface area contributed by atoms with Gasteiger partial charge in [-0.05, 0) is 63.5 Å². The number of thiol groups is 1. The number of hydrogen-bond acceptors (Lipinski definition) is 7. The Morgan fingerprint density at radius 3 is 2.19 bits per heavy atom. The Kier molecular flexibility index (Phi) is 20.5. The highest BCUT2D eigenvalue weighted by Crippen LogP contribution is 2.24. The number of primary amides is 1. The number of carbonyl (C=O) groups is 3. The van der Waals surface area contributed by atoms with E-state index in [4.69, 9.17) is 26.8 Å². The quantitative estimate of drug-likeness (QED) is 0.321. The second-order valence-electron chi connectivity index (χ2n) is 10.7. The molecule has 2 unspecified atom stereocenters. The van der Waals surface area contributed by atoms with Crippen LogP contribution in [-0.2, 0) is 14.3 Å². The maximum Gasteiger partial charge on any atom is 0.408 e. The van der Waals surface area contributed by atoms with Crippen molar-refractivity contribution in [1.29, 1.82) is 0 Å². The first kappa shape index (κ1) is 41.2. The molecule has 0 saturated carbocycles. The minimum Gasteiger partial charge on any atom is -0.495 e. The third-order valence-electron chi connectivity index (χ3n) is 5.14. The normalized spacial score (nSPS) is 15.3. The number of alkyl carbamates (subject to hydrolysis) is 1. The smallest absolute Gasteiger partial charge is 0.408 e. The molecule has 2 atom stereocenters. The van der Waals surface area contributed by atoms with Gasteiger partial charge < -0.3 is 30.4 Å². The molecular weight excluding hydrogens is 580 g/mol. The lowest BCUT2D eigenvalue weighted by Gasteiger charge is -2.25. The number of carbonyl (C=O) groups excluding carboxylic acids is 3. The van der Waals surface area contributed by atoms with E-state index in [1.807, 2.05) is 20.8 Å². The summed E-state index contributed by atoms with van der Waals surface area (Å²) in [4.78, 5) is 50.3. The standard InChI is InChI=1S/C13H23N3O4.C10H8ClNO2.C4H10.C2H6.CH4S/c1-8-5-6-16(10(8)11(14)18)9(17)7-15-12(19)20-13(2,3)4;1-14-9-5-12-10(13)8-4-6(11)2-3-7(8)9;1-4(2)3;2*1-2/h8,10H,5-7H2,1-4H3,(H2,14,18)(H,15,19);2-5H,1H3,(H,12,13);4H,1-3H3;1-2H3;2H,1H3. The average Bonchev–Trinajstić information content (AvgIpc) is 3.31. The van der Waals surface area contributed by atoms with E-state index < -0.39 is 23.6 Å². The summed E-state index contributed by atoms with van der Waals surface area (Å²) < 4.78 is 10.1. The number of halogens is 1. The van der Waals surface area contributed by atoms with E-state index in [9.17, 15) is 19.2 Å². The maximum absolute atomic E-state index is 12.0. The Hall–Kier alpha value is -2.92. The Bertz CT molecular complexity index is 1160. The summed E-state index contributed by atoms with van der Waals surface area (Å²) >= 11 is 9.32. The van der Waals surface area contributed by atoms with Gasteiger partial charge in [0.05, 0.1) is 12.5 Å². The molecule has 1 aliphatic heterocycles. The number of pyridine rings is 1. The highest BCUT2D eigenvalue weighted by molar-refractivity contribution is 7.79. The van der Waals surface area contributed by atoms with Crippen LogP contribution in [0.3, 0.4) is 0 Å². The highest BCUT2D eigenvalue weighted by Gasteiger charge is 2.38. The summed E-state index contributed by atoms with van der Waals surface area (Å²) in [5.41, 5.74) is 4.53. The Labute approximate surface area is 261 Å². The summed E-state index contributed by atoms with van der Waals surface area (Å²) in [7, 11) is 1.56. The predicted molar refractivity (Wildman–Crippen MR) is 176 cm³/mol. The molecule has 0 radical (unpaired) electrons. The van der Waals surface area contributed by atoms with Crippen molar-refractivity contribution in [2.45, 2.75) is 80.4 Å². The van der Waals surface area contributed by atoms with E-state index in [0.29, 0.717) is 22.7 Å². The number of ether oxygens (including phenoxy) is 2. The number of nitrogens with one attached hydrogen (secondary N) is 2. The molecule has 10 nitrogen and oxygen atoms in total. The van der Waals surface area contributed by atoms with Gasteiger partial charge in [0, 0.05) is 23.2 Å². The van der Waals surface area contributed by atoms with Crippen molar-refractivity contribution in [3.05, 3.63) is 39.8 Å². The summed E-state index contributed by atoms with van der Waals surface area (Å²) in [5, 5.41) is 4.23. The molecule has 2 aromatic rings. The first-order chi connectivity index (χ1) is 19.6. The molecule has 3 amide bonds. The van der Waals surface area contributed by atoms with Crippen LogP contribution in [-0.4, -0.2) is 65.9 Å². The fourth-order valence-electron chi connectivity index (χ4n) is 3.60. The zero-order chi connectivity index (χ0) is 33.2. The van der Waals surface area contributed by atoms with Crippen LogP contribution in [0.1, 0.15) is 68.7 Å². The molecule has 1 aromatic heterocycles. The predicted octanol–water partition coefficient (Wildman–Crippen LogP) is 5.66. The molecular formula is C30H51ClN4O6S. The fourth-order valence-corrected chi connectivity index (χ4v) is 3.77. The monoisotopic (exact) mass is 630 g/mol. The number of hydrogen-bond donors (Lipinski definition) is 4. The molecule has 0 aliphatic carbocycles. The summed E-state index contributed by atoms with van der Waals surface area (Å²) in [5.74, 6) is 0.666. The molecule has 4 N–H and O–H groups in total. The number of H-pyrrole nitrogens is 1. The molecule has 1 fully saturated rings. The number of likely N-dealkylation sites (tertiary alicyclic amines) is 1. The third-order valence-corrected chi connectivity index (χ3v) is 5.38. The molecule has 240 valence electrons. The minimum atomic E-state index is -0.659. The van der Waals surface area contributed by atoms with E-state index in [1.165, 1.54) is 4.90 Å². The lowest BCUT2D eigenvalue weighted by molar-refractivity contribution is -0.137. The van der Waals surface area contributed by atoms with Crippen LogP contribution < -0.4 is 21.3 Å². The second-order valence-corrected chi connectivity index (χ2v) is 11.1. The molecule has 0 spiro atoms. The summed E-state index contributed by atoms with van der Waals surface area (Å²) in [6, 6.07) is 4.53. The lowest BCUT2D eigenvalue weighted by atomic mass is 10.0. The fraction of sp³-hybridized carbons (Fsp3) is 0.600. The molecule has 1 aliphatic rings. The minimum absolute atomic E-state index is 0.0398. The molecule has 3 rings (SSSR count). The number of methoxy groups -OCH3 is 1. The van der Waals surface area contributed by atoms with Crippen molar-refractivity contribution in [3.8, 4) is 5.75 Å². The number of fused-ring (bicyclic) bond motifs is 1. The largest absolute Gasteiger partial charge is 0.495 e. The molecule has 1 aromatic carbocycles. The Balaban J connectivity index is 0. The number of rotatable bonds is 4. The van der Waals surface area contributed by atoms with Gasteiger partial charge in [-0.25, -0.2) is 4.79 Å². The van der Waals surface area contributed by atoms with Crippen molar-refractivity contribution >= 4 is 52.9 Å². The van der Waals surface area contributed by atoms with E-state index in [2.05, 4.69) is 43.7 Å². The van der Waals surface area contributed by atoms with E-state index in [-0.39, 0.29) is 23.9 Å². The van der Waals surface area contributed by atoms with Crippen LogP contribution in [0.2, 0.25) is 5.02 Å². The van der Waals surface area contributed by atoms with Crippen LogP contribution in [0.25, 0.3) is 10.8 Å². The van der Waals surface area contributed by atoms with E-state index >= 15 is 0 Å². The first-order valence-corrected chi connectivity index (χ1v) is 15.2. The number of nitrogens with two attached hydrogens (primary N) is 1. The van der Waals surface area contributed by atoms with Gasteiger partial charge >= 0.3 is 6.09 Å². The zero-order valence-corrected chi connectivity index (χ0v) is 28.6. The topological polar surface area (TPSA) is 144 Å². The van der Waals surface area contributed by atoms with Crippen molar-refractivity contribution < 1.29 is 23.9 Å². The molecule has 1 saturated heterocycles. The van der Waals surface area contributed by atoms with Gasteiger partial charge in [0.1, 0.15) is 23.9 Å². The first-order valence-electron chi connectivity index (χ1n) is 13.9. The molecule has 42 heavy (non-hydrogen) atoms. The van der Waals surface area contributed by atoms with Crippen LogP contribution >= 0.6 is 24.2 Å². The Morgan fingerprint density at radius 2 is 1.71 bits per heavy atom. The molecule has 0 bridgehead atoms. The number of amides is 3. The van der Waals surface area contributed by atoms with Crippen LogP contribution in [0.5, 0.6) is 5.75 Å². The van der Waals surface area contributed by atoms with Gasteiger partial charge in [0.25, 0.3) is 5.56 Å². The third kappa shape index (κ3) is 15.3. The Morgan fingerprint density at radius 1 is 1.17 bits per heavy atom. The van der Waals surface area contributed by atoms with Crippen molar-refractivity contribution in [1.82, 2.24) is 15.2 Å².